The fourth-order valence-corrected chi connectivity index (χ4v) is 1.93. The lowest BCUT2D eigenvalue weighted by Gasteiger charge is -2.11. The van der Waals surface area contributed by atoms with Crippen molar-refractivity contribution in [3.8, 4) is 0 Å². The van der Waals surface area contributed by atoms with Gasteiger partial charge in [-0.05, 0) is 29.8 Å². The van der Waals surface area contributed by atoms with Crippen molar-refractivity contribution >= 4 is 17.1 Å². The molecule has 1 N–H and O–H groups in total. The lowest BCUT2D eigenvalue weighted by Crippen LogP contribution is -2.28. The number of nitrogens with one attached hydrogen (secondary N) is 1. The van der Waals surface area contributed by atoms with E-state index in [1.165, 1.54) is 16.3 Å². The molecule has 0 bridgehead atoms. The molecule has 0 spiro atoms. The average molecular weight is 213 g/mol. The van der Waals surface area contributed by atoms with Gasteiger partial charge in [0.1, 0.15) is 6.29 Å². The van der Waals surface area contributed by atoms with Crippen molar-refractivity contribution < 1.29 is 4.79 Å². The standard InChI is InChI=1S/C14H15NO/c1-15-13(10-16)9-12-7-4-6-11-5-2-3-8-14(11)12/h2-8,10,13,15H,9H2,1H3. The van der Waals surface area contributed by atoms with E-state index in [2.05, 4.69) is 29.6 Å². The Morgan fingerprint density at radius 2 is 1.94 bits per heavy atom. The van der Waals surface area contributed by atoms with Gasteiger partial charge in [-0.25, -0.2) is 0 Å². The molecule has 0 heterocycles. The molecule has 0 aliphatic carbocycles. The molecule has 0 fully saturated rings. The summed E-state index contributed by atoms with van der Waals surface area (Å²) in [6, 6.07) is 14.4. The van der Waals surface area contributed by atoms with Gasteiger partial charge in [-0.15, -0.1) is 0 Å². The lowest BCUT2D eigenvalue weighted by molar-refractivity contribution is -0.109. The first-order valence-electron chi connectivity index (χ1n) is 5.44. The van der Waals surface area contributed by atoms with Crippen LogP contribution in [0.3, 0.4) is 0 Å². The molecule has 0 aliphatic heterocycles. The van der Waals surface area contributed by atoms with Crippen molar-refractivity contribution in [2.75, 3.05) is 7.05 Å². The Labute approximate surface area is 95.3 Å². The van der Waals surface area contributed by atoms with Crippen LogP contribution in [0.25, 0.3) is 10.8 Å². The number of benzene rings is 2. The number of carbonyl (C=O) groups excluding carboxylic acids is 1. The van der Waals surface area contributed by atoms with Crippen LogP contribution in [0.15, 0.2) is 42.5 Å². The van der Waals surface area contributed by atoms with E-state index in [9.17, 15) is 4.79 Å². The predicted octanol–water partition coefficient (Wildman–Crippen LogP) is 2.17. The fraction of sp³-hybridized carbons (Fsp3) is 0.214. The van der Waals surface area contributed by atoms with Gasteiger partial charge in [0.25, 0.3) is 0 Å². The Hall–Kier alpha value is -1.67. The molecule has 1 unspecified atom stereocenters. The monoisotopic (exact) mass is 213 g/mol. The normalized spacial score (nSPS) is 12.6. The van der Waals surface area contributed by atoms with E-state index in [-0.39, 0.29) is 6.04 Å². The topological polar surface area (TPSA) is 29.1 Å². The Morgan fingerprint density at radius 1 is 1.19 bits per heavy atom. The van der Waals surface area contributed by atoms with Crippen LogP contribution in [0.5, 0.6) is 0 Å². The van der Waals surface area contributed by atoms with Crippen molar-refractivity contribution in [1.29, 1.82) is 0 Å². The zero-order valence-electron chi connectivity index (χ0n) is 9.31. The second-order valence-electron chi connectivity index (χ2n) is 3.87. The highest BCUT2D eigenvalue weighted by atomic mass is 16.1. The van der Waals surface area contributed by atoms with Gasteiger partial charge in [-0.1, -0.05) is 42.5 Å². The van der Waals surface area contributed by atoms with Gasteiger partial charge in [0, 0.05) is 0 Å². The van der Waals surface area contributed by atoms with E-state index in [1.807, 2.05) is 25.2 Å². The summed E-state index contributed by atoms with van der Waals surface area (Å²) in [6.45, 7) is 0. The molecule has 2 nitrogen and oxygen atoms in total. The van der Waals surface area contributed by atoms with Crippen LogP contribution in [0.2, 0.25) is 0 Å². The number of carbonyl (C=O) groups is 1. The third-order valence-corrected chi connectivity index (χ3v) is 2.85. The van der Waals surface area contributed by atoms with Crippen LogP contribution in [-0.2, 0) is 11.2 Å². The molecule has 1 atom stereocenters. The molecule has 2 rings (SSSR count). The van der Waals surface area contributed by atoms with Crippen LogP contribution in [-0.4, -0.2) is 19.4 Å². The molecule has 82 valence electrons. The first-order chi connectivity index (χ1) is 7.85. The van der Waals surface area contributed by atoms with Crippen LogP contribution in [0.1, 0.15) is 5.56 Å². The molecule has 0 saturated heterocycles. The van der Waals surface area contributed by atoms with Crippen LogP contribution < -0.4 is 5.32 Å². The Morgan fingerprint density at radius 3 is 2.69 bits per heavy atom. The highest BCUT2D eigenvalue weighted by molar-refractivity contribution is 5.86. The van der Waals surface area contributed by atoms with Crippen molar-refractivity contribution in [3.63, 3.8) is 0 Å². The number of aldehydes is 1. The average Bonchev–Trinajstić information content (AvgIpc) is 2.36. The number of rotatable bonds is 4. The summed E-state index contributed by atoms with van der Waals surface area (Å²) >= 11 is 0. The fourth-order valence-electron chi connectivity index (χ4n) is 1.93. The van der Waals surface area contributed by atoms with Gasteiger partial charge in [0.2, 0.25) is 0 Å². The summed E-state index contributed by atoms with van der Waals surface area (Å²) in [5.74, 6) is 0. The van der Waals surface area contributed by atoms with Crippen molar-refractivity contribution in [2.45, 2.75) is 12.5 Å². The second kappa shape index (κ2) is 4.90. The number of hydrogen-bond donors (Lipinski definition) is 1. The third-order valence-electron chi connectivity index (χ3n) is 2.85. The predicted molar refractivity (Wildman–Crippen MR) is 66.6 cm³/mol. The zero-order valence-corrected chi connectivity index (χ0v) is 9.31. The summed E-state index contributed by atoms with van der Waals surface area (Å²) in [5.41, 5.74) is 1.21. The maximum Gasteiger partial charge on any atom is 0.137 e. The molecule has 0 amide bonds. The molecule has 2 heteroatoms. The molecule has 0 saturated carbocycles. The van der Waals surface area contributed by atoms with E-state index < -0.39 is 0 Å². The van der Waals surface area contributed by atoms with Gasteiger partial charge < -0.3 is 10.1 Å². The first-order valence-corrected chi connectivity index (χ1v) is 5.44. The summed E-state index contributed by atoms with van der Waals surface area (Å²) in [7, 11) is 1.81. The Bertz CT molecular complexity index is 488. The van der Waals surface area contributed by atoms with Crippen LogP contribution >= 0.6 is 0 Å². The second-order valence-corrected chi connectivity index (χ2v) is 3.87. The molecular formula is C14H15NO. The molecule has 2 aromatic carbocycles. The summed E-state index contributed by atoms with van der Waals surface area (Å²) < 4.78 is 0. The largest absolute Gasteiger partial charge is 0.311 e. The molecule has 0 aliphatic rings. The summed E-state index contributed by atoms with van der Waals surface area (Å²) in [6.07, 6.45) is 1.70. The molecule has 0 aromatic heterocycles. The van der Waals surface area contributed by atoms with Crippen LogP contribution in [0, 0.1) is 0 Å². The van der Waals surface area contributed by atoms with E-state index in [0.717, 1.165) is 12.7 Å². The Kier molecular flexibility index (Phi) is 3.32. The van der Waals surface area contributed by atoms with E-state index in [0.29, 0.717) is 0 Å². The maximum absolute atomic E-state index is 10.8. The van der Waals surface area contributed by atoms with E-state index in [1.54, 1.807) is 0 Å². The summed E-state index contributed by atoms with van der Waals surface area (Å²) in [4.78, 5) is 10.8. The summed E-state index contributed by atoms with van der Waals surface area (Å²) in [5, 5.41) is 5.45. The zero-order chi connectivity index (χ0) is 11.4. The minimum absolute atomic E-state index is 0.106. The molecular weight excluding hydrogens is 198 g/mol. The minimum Gasteiger partial charge on any atom is -0.311 e. The lowest BCUT2D eigenvalue weighted by atomic mass is 9.99. The van der Waals surface area contributed by atoms with Crippen LogP contribution in [0.4, 0.5) is 0 Å². The SMILES string of the molecule is CNC(C=O)Cc1cccc2ccccc12. The van der Waals surface area contributed by atoms with Crippen molar-refractivity contribution in [1.82, 2.24) is 5.32 Å². The molecule has 2 aromatic rings. The van der Waals surface area contributed by atoms with Gasteiger partial charge in [0.15, 0.2) is 0 Å². The minimum atomic E-state index is -0.106. The maximum atomic E-state index is 10.8. The first kappa shape index (κ1) is 10.8. The molecule has 0 radical (unpaired) electrons. The van der Waals surface area contributed by atoms with Crippen molar-refractivity contribution in [3.05, 3.63) is 48.0 Å². The quantitative estimate of drug-likeness (QED) is 0.789. The van der Waals surface area contributed by atoms with E-state index >= 15 is 0 Å². The number of hydrogen-bond acceptors (Lipinski definition) is 2. The highest BCUT2D eigenvalue weighted by Crippen LogP contribution is 2.19. The van der Waals surface area contributed by atoms with Gasteiger partial charge in [0.05, 0.1) is 6.04 Å². The Balaban J connectivity index is 2.40. The number of likely N-dealkylation sites (N-methyl/N-ethyl adjacent to an activating group) is 1. The van der Waals surface area contributed by atoms with E-state index in [4.69, 9.17) is 0 Å². The van der Waals surface area contributed by atoms with Gasteiger partial charge in [-0.2, -0.15) is 0 Å². The van der Waals surface area contributed by atoms with Gasteiger partial charge in [-0.3, -0.25) is 0 Å². The number of fused-ring (bicyclic) bond motifs is 1. The van der Waals surface area contributed by atoms with Gasteiger partial charge >= 0.3 is 0 Å². The highest BCUT2D eigenvalue weighted by Gasteiger charge is 2.07. The third kappa shape index (κ3) is 2.12. The smallest absolute Gasteiger partial charge is 0.137 e. The molecule has 16 heavy (non-hydrogen) atoms. The van der Waals surface area contributed by atoms with Crippen molar-refractivity contribution in [2.24, 2.45) is 0 Å².